The first-order chi connectivity index (χ1) is 15.7. The molecule has 33 heavy (non-hydrogen) atoms. The van der Waals surface area contributed by atoms with Crippen LogP contribution in [0, 0.1) is 27.2 Å². The molecule has 1 saturated heterocycles. The molecule has 0 atom stereocenters. The van der Waals surface area contributed by atoms with Crippen LogP contribution in [0.3, 0.4) is 0 Å². The number of hydrogen-bond acceptors (Lipinski definition) is 7. The number of hydrogen-bond donors (Lipinski definition) is 3. The van der Waals surface area contributed by atoms with Crippen LogP contribution in [-0.4, -0.2) is 33.4 Å². The Hall–Kier alpha value is -4.80. The lowest BCUT2D eigenvalue weighted by atomic mass is 10.1. The second-order valence-corrected chi connectivity index (χ2v) is 6.61. The van der Waals surface area contributed by atoms with Gasteiger partial charge >= 0.3 is 11.7 Å². The van der Waals surface area contributed by atoms with Crippen molar-refractivity contribution < 1.29 is 24.5 Å². The van der Waals surface area contributed by atoms with Gasteiger partial charge < -0.3 is 10.4 Å². The molecule has 1 aliphatic heterocycles. The van der Waals surface area contributed by atoms with Gasteiger partial charge in [-0.15, -0.1) is 0 Å². The highest BCUT2D eigenvalue weighted by Gasteiger charge is 2.21. The molecule has 0 aliphatic carbocycles. The number of phenolic OH excluding ortho intramolecular Hbond substituents is 1. The van der Waals surface area contributed by atoms with E-state index in [4.69, 9.17) is 0 Å². The molecule has 3 aromatic rings. The number of carbonyl (C=O) groups excluding carboxylic acids is 2. The van der Waals surface area contributed by atoms with Crippen LogP contribution in [0.2, 0.25) is 0 Å². The number of urea groups is 1. The van der Waals surface area contributed by atoms with Gasteiger partial charge in [0.15, 0.2) is 5.75 Å². The maximum Gasteiger partial charge on any atom is 0.321 e. The quantitative estimate of drug-likeness (QED) is 0.310. The number of nitrogens with zero attached hydrogens (tertiary/aromatic N) is 2. The monoisotopic (exact) mass is 452 g/mol. The van der Waals surface area contributed by atoms with Gasteiger partial charge in [-0.1, -0.05) is 60.7 Å². The number of carbonyl (C=O) groups is 2. The van der Waals surface area contributed by atoms with Gasteiger partial charge in [0.2, 0.25) is 5.91 Å². The molecule has 4 rings (SSSR count). The molecule has 1 fully saturated rings. The highest BCUT2D eigenvalue weighted by Crippen LogP contribution is 2.33. The fourth-order valence-electron chi connectivity index (χ4n) is 2.62. The molecule has 0 spiro atoms. The van der Waals surface area contributed by atoms with E-state index in [9.17, 15) is 34.9 Å². The van der Waals surface area contributed by atoms with E-state index in [1.807, 2.05) is 17.4 Å². The molecule has 1 heterocycles. The number of phenols is 1. The Balaban J connectivity index is 0.000000184. The predicted molar refractivity (Wildman–Crippen MR) is 120 cm³/mol. The molecule has 170 valence electrons. The van der Waals surface area contributed by atoms with Crippen LogP contribution in [-0.2, 0) is 4.79 Å². The Bertz CT molecular complexity index is 1100. The molecule has 1 aliphatic rings. The molecule has 3 amide bonds. The third-order valence-corrected chi connectivity index (χ3v) is 4.22. The third-order valence-electron chi connectivity index (χ3n) is 4.22. The second kappa shape index (κ2) is 11.6. The number of imide groups is 1. The number of aryl methyl sites for hydroxylation is 1. The van der Waals surface area contributed by atoms with E-state index in [1.54, 1.807) is 0 Å². The lowest BCUT2D eigenvalue weighted by Crippen LogP contribution is -2.22. The average molecular weight is 452 g/mol. The van der Waals surface area contributed by atoms with Gasteiger partial charge in [-0.25, -0.2) is 4.79 Å². The first-order valence-electron chi connectivity index (χ1n) is 9.49. The summed E-state index contributed by atoms with van der Waals surface area (Å²) in [6, 6.07) is 22.2. The SMILES string of the molecule is Cc1cc([N+](=O)[O-])cc([N+](=O)[O-])c1O.O=C1CNC(=O)N1.c1ccc(-c2ccccc2)cc1. The summed E-state index contributed by atoms with van der Waals surface area (Å²) < 4.78 is 0. The van der Waals surface area contributed by atoms with Crippen molar-refractivity contribution in [1.82, 2.24) is 10.6 Å². The van der Waals surface area contributed by atoms with Crippen molar-refractivity contribution >= 4 is 23.3 Å². The van der Waals surface area contributed by atoms with Crippen molar-refractivity contribution in [2.45, 2.75) is 6.92 Å². The lowest BCUT2D eigenvalue weighted by Gasteiger charge is -1.99. The molecule has 0 bridgehead atoms. The third kappa shape index (κ3) is 7.43. The highest BCUT2D eigenvalue weighted by molar-refractivity contribution is 6.01. The first-order valence-corrected chi connectivity index (χ1v) is 9.49. The van der Waals surface area contributed by atoms with E-state index in [1.165, 1.54) is 18.1 Å². The van der Waals surface area contributed by atoms with Gasteiger partial charge in [0.25, 0.3) is 5.69 Å². The first kappa shape index (κ1) is 24.5. The zero-order chi connectivity index (χ0) is 24.4. The Kier molecular flexibility index (Phi) is 8.57. The van der Waals surface area contributed by atoms with Gasteiger partial charge in [0, 0.05) is 11.6 Å². The van der Waals surface area contributed by atoms with E-state index in [2.05, 4.69) is 53.8 Å². The fraction of sp³-hybridized carbons (Fsp3) is 0.0909. The minimum Gasteiger partial charge on any atom is -0.502 e. The summed E-state index contributed by atoms with van der Waals surface area (Å²) in [5.41, 5.74) is 1.59. The van der Waals surface area contributed by atoms with E-state index >= 15 is 0 Å². The van der Waals surface area contributed by atoms with Gasteiger partial charge in [-0.3, -0.25) is 30.3 Å². The van der Waals surface area contributed by atoms with Gasteiger partial charge in [0.1, 0.15) is 0 Å². The number of nitro groups is 2. The molecule has 11 heteroatoms. The van der Waals surface area contributed by atoms with Crippen LogP contribution in [0.1, 0.15) is 5.56 Å². The van der Waals surface area contributed by atoms with E-state index in [-0.39, 0.29) is 18.0 Å². The minimum absolute atomic E-state index is 0.103. The van der Waals surface area contributed by atoms with Crippen molar-refractivity contribution in [3.63, 3.8) is 0 Å². The highest BCUT2D eigenvalue weighted by atomic mass is 16.6. The Morgan fingerprint density at radius 3 is 1.70 bits per heavy atom. The van der Waals surface area contributed by atoms with Gasteiger partial charge in [-0.2, -0.15) is 0 Å². The predicted octanol–water partition coefficient (Wildman–Crippen LogP) is 3.70. The number of rotatable bonds is 3. The van der Waals surface area contributed by atoms with Crippen LogP contribution in [0.25, 0.3) is 11.1 Å². The number of nitrogens with one attached hydrogen (secondary N) is 2. The zero-order valence-corrected chi connectivity index (χ0v) is 17.4. The summed E-state index contributed by atoms with van der Waals surface area (Å²) in [5, 5.41) is 34.2. The summed E-state index contributed by atoms with van der Waals surface area (Å²) in [5.74, 6) is -0.800. The Morgan fingerprint density at radius 1 is 0.848 bits per heavy atom. The summed E-state index contributed by atoms with van der Waals surface area (Å²) >= 11 is 0. The van der Waals surface area contributed by atoms with E-state index in [0.29, 0.717) is 0 Å². The molecular formula is C22H20N4O7. The lowest BCUT2D eigenvalue weighted by molar-refractivity contribution is -0.394. The summed E-state index contributed by atoms with van der Waals surface area (Å²) in [7, 11) is 0. The molecular weight excluding hydrogens is 432 g/mol. The standard InChI is InChI=1S/C12H10.C7H6N2O5.C3H4N2O2/c1-3-7-11(8-4-1)12-9-5-2-6-10-12;1-4-2-5(8(11)12)3-6(7(4)10)9(13)14;6-2-1-4-3(7)5-2/h1-10H;2-3,10H,1H3;1H2,(H2,4,5,6,7). The smallest absolute Gasteiger partial charge is 0.321 e. The Morgan fingerprint density at radius 2 is 1.36 bits per heavy atom. The normalized spacial score (nSPS) is 11.7. The molecule has 3 N–H and O–H groups in total. The summed E-state index contributed by atoms with van der Waals surface area (Å²) in [6.07, 6.45) is 0. The molecule has 11 nitrogen and oxygen atoms in total. The van der Waals surface area contributed by atoms with Crippen molar-refractivity contribution in [3.05, 3.63) is 98.6 Å². The zero-order valence-electron chi connectivity index (χ0n) is 17.4. The maximum absolute atomic E-state index is 10.4. The molecule has 0 radical (unpaired) electrons. The fourth-order valence-corrected chi connectivity index (χ4v) is 2.62. The number of benzene rings is 3. The van der Waals surface area contributed by atoms with Crippen molar-refractivity contribution in [3.8, 4) is 16.9 Å². The summed E-state index contributed by atoms with van der Waals surface area (Å²) in [6.45, 7) is 1.48. The van der Waals surface area contributed by atoms with E-state index in [0.717, 1.165) is 12.1 Å². The van der Waals surface area contributed by atoms with E-state index < -0.39 is 33.0 Å². The largest absolute Gasteiger partial charge is 0.502 e. The molecule has 3 aromatic carbocycles. The van der Waals surface area contributed by atoms with Crippen LogP contribution in [0.4, 0.5) is 16.2 Å². The van der Waals surface area contributed by atoms with Crippen molar-refractivity contribution in [2.24, 2.45) is 0 Å². The summed E-state index contributed by atoms with van der Waals surface area (Å²) in [4.78, 5) is 39.2. The maximum atomic E-state index is 10.4. The number of non-ortho nitro benzene ring substituents is 1. The molecule has 0 saturated carbocycles. The van der Waals surface area contributed by atoms with Crippen molar-refractivity contribution in [1.29, 1.82) is 0 Å². The average Bonchev–Trinajstić information content (AvgIpc) is 3.19. The van der Waals surface area contributed by atoms with Crippen molar-refractivity contribution in [2.75, 3.05) is 6.54 Å². The minimum atomic E-state index is -0.866. The number of amides is 3. The van der Waals surface area contributed by atoms with Crippen LogP contribution >= 0.6 is 0 Å². The second-order valence-electron chi connectivity index (χ2n) is 6.61. The number of aromatic hydroxyl groups is 1. The van der Waals surface area contributed by atoms with Crippen LogP contribution in [0.5, 0.6) is 5.75 Å². The van der Waals surface area contributed by atoms with Gasteiger partial charge in [0.05, 0.1) is 22.5 Å². The van der Waals surface area contributed by atoms with Crippen LogP contribution in [0.15, 0.2) is 72.8 Å². The van der Waals surface area contributed by atoms with Crippen LogP contribution < -0.4 is 10.6 Å². The Labute approximate surface area is 188 Å². The molecule has 0 unspecified atom stereocenters. The molecule has 0 aromatic heterocycles. The topological polar surface area (TPSA) is 165 Å². The number of nitro benzene ring substituents is 2. The van der Waals surface area contributed by atoms with Gasteiger partial charge in [-0.05, 0) is 18.1 Å².